The van der Waals surface area contributed by atoms with Crippen LogP contribution in [0.3, 0.4) is 0 Å². The highest BCUT2D eigenvalue weighted by atomic mass is 35.5. The van der Waals surface area contributed by atoms with Crippen molar-refractivity contribution in [3.63, 3.8) is 0 Å². The van der Waals surface area contributed by atoms with E-state index in [2.05, 4.69) is 15.4 Å². The highest BCUT2D eigenvalue weighted by molar-refractivity contribution is 6.39. The van der Waals surface area contributed by atoms with Crippen LogP contribution >= 0.6 is 23.2 Å². The Hall–Kier alpha value is -2.60. The van der Waals surface area contributed by atoms with Crippen LogP contribution in [0.25, 0.3) is 5.57 Å². The molecule has 0 unspecified atom stereocenters. The van der Waals surface area contributed by atoms with Crippen molar-refractivity contribution in [1.82, 2.24) is 0 Å². The van der Waals surface area contributed by atoms with E-state index in [4.69, 9.17) is 29.1 Å². The molecular weight excluding hydrogens is 373 g/mol. The number of anilines is 1. The topological polar surface area (TPSA) is 76.7 Å². The van der Waals surface area contributed by atoms with Crippen molar-refractivity contribution in [3.8, 4) is 0 Å². The van der Waals surface area contributed by atoms with Crippen molar-refractivity contribution in [2.45, 2.75) is 6.42 Å². The maximum absolute atomic E-state index is 12.3. The normalized spacial score (nSPS) is 15.3. The number of allylic oxidation sites excluding steroid dienone is 4. The van der Waals surface area contributed by atoms with Crippen LogP contribution in [0.15, 0.2) is 70.9 Å². The molecule has 0 aliphatic heterocycles. The molecule has 0 saturated carbocycles. The average molecular weight is 388 g/mol. The van der Waals surface area contributed by atoms with Gasteiger partial charge in [-0.2, -0.15) is 0 Å². The SMILES string of the molecule is NO/N=C1/C=C(Cl)C(c2ccc(NC(=O)c3ccccc3Cl)cc2)=CC1. The number of nitrogens with one attached hydrogen (secondary N) is 1. The Morgan fingerprint density at radius 3 is 2.50 bits per heavy atom. The maximum Gasteiger partial charge on any atom is 0.257 e. The molecule has 0 saturated heterocycles. The van der Waals surface area contributed by atoms with Gasteiger partial charge < -0.3 is 10.3 Å². The number of benzene rings is 2. The minimum absolute atomic E-state index is 0.263. The number of nitrogens with zero attached hydrogens (tertiary/aromatic N) is 1. The Balaban J connectivity index is 1.74. The first kappa shape index (κ1) is 18.2. The van der Waals surface area contributed by atoms with E-state index in [1.165, 1.54) is 0 Å². The number of hydrogen-bond acceptors (Lipinski definition) is 4. The average Bonchev–Trinajstić information content (AvgIpc) is 2.63. The van der Waals surface area contributed by atoms with E-state index in [1.54, 1.807) is 30.3 Å². The highest BCUT2D eigenvalue weighted by Crippen LogP contribution is 2.31. The Kier molecular flexibility index (Phi) is 5.73. The number of nitrogens with two attached hydrogens (primary N) is 1. The van der Waals surface area contributed by atoms with Crippen molar-refractivity contribution < 1.29 is 9.73 Å². The molecule has 0 atom stereocenters. The zero-order valence-electron chi connectivity index (χ0n) is 13.6. The van der Waals surface area contributed by atoms with Gasteiger partial charge in [0.05, 0.1) is 21.3 Å². The summed E-state index contributed by atoms with van der Waals surface area (Å²) >= 11 is 12.3. The lowest BCUT2D eigenvalue weighted by molar-refractivity contribution is 0.102. The molecule has 0 bridgehead atoms. The fourth-order valence-electron chi connectivity index (χ4n) is 2.55. The lowest BCUT2D eigenvalue weighted by Gasteiger charge is -2.13. The zero-order valence-corrected chi connectivity index (χ0v) is 15.1. The van der Waals surface area contributed by atoms with E-state index in [0.717, 1.165) is 11.1 Å². The third kappa shape index (κ3) is 4.14. The van der Waals surface area contributed by atoms with Crippen LogP contribution in [0.2, 0.25) is 5.02 Å². The minimum Gasteiger partial charge on any atom is -0.322 e. The second-order valence-electron chi connectivity index (χ2n) is 5.51. The summed E-state index contributed by atoms with van der Waals surface area (Å²) < 4.78 is 0. The first-order valence-electron chi connectivity index (χ1n) is 7.75. The molecule has 2 aromatic carbocycles. The largest absolute Gasteiger partial charge is 0.322 e. The second kappa shape index (κ2) is 8.19. The van der Waals surface area contributed by atoms with Gasteiger partial charge in [0.25, 0.3) is 5.91 Å². The summed E-state index contributed by atoms with van der Waals surface area (Å²) in [5.41, 5.74) is 3.54. The van der Waals surface area contributed by atoms with Gasteiger partial charge in [0.2, 0.25) is 0 Å². The molecule has 26 heavy (non-hydrogen) atoms. The van der Waals surface area contributed by atoms with Gasteiger partial charge in [-0.3, -0.25) is 4.79 Å². The Morgan fingerprint density at radius 2 is 1.85 bits per heavy atom. The molecule has 1 aliphatic carbocycles. The van der Waals surface area contributed by atoms with Gasteiger partial charge in [-0.1, -0.05) is 58.7 Å². The van der Waals surface area contributed by atoms with Gasteiger partial charge in [0.1, 0.15) is 0 Å². The van der Waals surface area contributed by atoms with Gasteiger partial charge in [-0.25, -0.2) is 0 Å². The van der Waals surface area contributed by atoms with Crippen LogP contribution in [0.4, 0.5) is 5.69 Å². The number of halogens is 2. The highest BCUT2D eigenvalue weighted by Gasteiger charge is 2.14. The summed E-state index contributed by atoms with van der Waals surface area (Å²) in [4.78, 5) is 16.6. The van der Waals surface area contributed by atoms with E-state index in [0.29, 0.717) is 33.4 Å². The Bertz CT molecular complexity index is 919. The Labute approximate surface area is 160 Å². The maximum atomic E-state index is 12.3. The van der Waals surface area contributed by atoms with Crippen molar-refractivity contribution >= 4 is 46.1 Å². The smallest absolute Gasteiger partial charge is 0.257 e. The third-order valence-electron chi connectivity index (χ3n) is 3.81. The molecule has 0 radical (unpaired) electrons. The van der Waals surface area contributed by atoms with E-state index in [9.17, 15) is 4.79 Å². The fraction of sp³-hybridized carbons (Fsp3) is 0.0526. The third-order valence-corrected chi connectivity index (χ3v) is 4.45. The van der Waals surface area contributed by atoms with Gasteiger partial charge in [-0.05, 0) is 41.5 Å². The monoisotopic (exact) mass is 387 g/mol. The number of amides is 1. The molecule has 1 aliphatic rings. The number of carbonyl (C=O) groups excluding carboxylic acids is 1. The first-order valence-corrected chi connectivity index (χ1v) is 8.51. The molecule has 3 N–H and O–H groups in total. The van der Waals surface area contributed by atoms with Gasteiger partial charge in [-0.15, -0.1) is 5.90 Å². The number of rotatable bonds is 4. The van der Waals surface area contributed by atoms with Gasteiger partial charge in [0, 0.05) is 12.1 Å². The molecule has 0 aromatic heterocycles. The molecule has 1 amide bonds. The van der Waals surface area contributed by atoms with Crippen molar-refractivity contribution in [3.05, 3.63) is 81.9 Å². The summed E-state index contributed by atoms with van der Waals surface area (Å²) in [6.45, 7) is 0. The van der Waals surface area contributed by atoms with Crippen LogP contribution in [0, 0.1) is 0 Å². The predicted octanol–water partition coefficient (Wildman–Crippen LogP) is 4.75. The van der Waals surface area contributed by atoms with E-state index in [1.807, 2.05) is 30.3 Å². The lowest BCUT2D eigenvalue weighted by atomic mass is 9.98. The van der Waals surface area contributed by atoms with E-state index < -0.39 is 0 Å². The second-order valence-corrected chi connectivity index (χ2v) is 6.33. The molecule has 7 heteroatoms. The van der Waals surface area contributed by atoms with Crippen molar-refractivity contribution in [2.24, 2.45) is 11.1 Å². The summed E-state index contributed by atoms with van der Waals surface area (Å²) in [5, 5.41) is 7.45. The number of carbonyl (C=O) groups is 1. The molecule has 132 valence electrons. The summed E-state index contributed by atoms with van der Waals surface area (Å²) in [5.74, 6) is 4.67. The minimum atomic E-state index is -0.263. The zero-order chi connectivity index (χ0) is 18.5. The molecule has 0 spiro atoms. The molecule has 2 aromatic rings. The lowest BCUT2D eigenvalue weighted by Crippen LogP contribution is -2.12. The summed E-state index contributed by atoms with van der Waals surface area (Å²) in [6, 6.07) is 14.3. The van der Waals surface area contributed by atoms with Crippen LogP contribution in [-0.4, -0.2) is 11.6 Å². The number of oxime groups is 1. The van der Waals surface area contributed by atoms with Gasteiger partial charge in [0.15, 0.2) is 0 Å². The molecular formula is C19H15Cl2N3O2. The van der Waals surface area contributed by atoms with E-state index in [-0.39, 0.29) is 5.91 Å². The molecule has 0 fully saturated rings. The molecule has 5 nitrogen and oxygen atoms in total. The molecule has 0 heterocycles. The standard InChI is InChI=1S/C19H15Cl2N3O2/c20-17-4-2-1-3-16(17)19(25)23-13-7-5-12(6-8-13)15-10-9-14(24-26-22)11-18(15)21/h1-8,10-11H,9,22H2,(H,23,25)/b24-14+. The summed E-state index contributed by atoms with van der Waals surface area (Å²) in [6.07, 6.45) is 4.21. The van der Waals surface area contributed by atoms with Crippen molar-refractivity contribution in [1.29, 1.82) is 0 Å². The van der Waals surface area contributed by atoms with Crippen molar-refractivity contribution in [2.75, 3.05) is 5.32 Å². The van der Waals surface area contributed by atoms with Crippen LogP contribution in [0.5, 0.6) is 0 Å². The Morgan fingerprint density at radius 1 is 1.12 bits per heavy atom. The van der Waals surface area contributed by atoms with E-state index >= 15 is 0 Å². The predicted molar refractivity (Wildman–Crippen MR) is 105 cm³/mol. The first-order chi connectivity index (χ1) is 12.6. The fourth-order valence-corrected chi connectivity index (χ4v) is 3.08. The summed E-state index contributed by atoms with van der Waals surface area (Å²) in [7, 11) is 0. The van der Waals surface area contributed by atoms with Gasteiger partial charge >= 0.3 is 0 Å². The van der Waals surface area contributed by atoms with Crippen LogP contribution in [0.1, 0.15) is 22.3 Å². The molecule has 3 rings (SSSR count). The van der Waals surface area contributed by atoms with Crippen LogP contribution in [-0.2, 0) is 4.94 Å². The quantitative estimate of drug-likeness (QED) is 0.743. The number of hydrogen-bond donors (Lipinski definition) is 2. The van der Waals surface area contributed by atoms with Crippen LogP contribution < -0.4 is 11.2 Å².